The molecule has 2 heteroatoms. The number of hydrogen-bond donors (Lipinski definition) is 1. The van der Waals surface area contributed by atoms with Gasteiger partial charge < -0.3 is 9.88 Å². The molecular weight excluding hydrogens is 208 g/mol. The fourth-order valence-corrected chi connectivity index (χ4v) is 4.74. The van der Waals surface area contributed by atoms with Crippen molar-refractivity contribution in [2.75, 3.05) is 0 Å². The van der Waals surface area contributed by atoms with Gasteiger partial charge in [-0.3, -0.25) is 0 Å². The Morgan fingerprint density at radius 2 is 2.06 bits per heavy atom. The van der Waals surface area contributed by atoms with Gasteiger partial charge in [0, 0.05) is 31.0 Å². The highest BCUT2D eigenvalue weighted by atomic mass is 15.1. The molecule has 3 saturated carbocycles. The van der Waals surface area contributed by atoms with Crippen LogP contribution in [0.3, 0.4) is 0 Å². The largest absolute Gasteiger partial charge is 0.351 e. The Labute approximate surface area is 103 Å². The molecule has 92 valence electrons. The molecule has 0 saturated heterocycles. The highest BCUT2D eigenvalue weighted by Gasteiger charge is 2.64. The first kappa shape index (κ1) is 10.2. The van der Waals surface area contributed by atoms with Gasteiger partial charge in [0.1, 0.15) is 0 Å². The zero-order chi connectivity index (χ0) is 11.4. The van der Waals surface area contributed by atoms with E-state index in [0.29, 0.717) is 0 Å². The molecule has 0 aromatic carbocycles. The van der Waals surface area contributed by atoms with Gasteiger partial charge in [0.25, 0.3) is 0 Å². The minimum Gasteiger partial charge on any atom is -0.351 e. The van der Waals surface area contributed by atoms with Gasteiger partial charge in [0.05, 0.1) is 0 Å². The average molecular weight is 230 g/mol. The van der Waals surface area contributed by atoms with Crippen LogP contribution in [0.25, 0.3) is 0 Å². The third kappa shape index (κ3) is 1.43. The summed E-state index contributed by atoms with van der Waals surface area (Å²) in [5.74, 6) is 4.28. The van der Waals surface area contributed by atoms with Crippen molar-refractivity contribution in [2.45, 2.75) is 45.3 Å². The van der Waals surface area contributed by atoms with Gasteiger partial charge in [-0.25, -0.2) is 0 Å². The van der Waals surface area contributed by atoms with Gasteiger partial charge in [-0.2, -0.15) is 0 Å². The quantitative estimate of drug-likeness (QED) is 0.841. The molecule has 17 heavy (non-hydrogen) atoms. The molecule has 0 radical (unpaired) electrons. The summed E-state index contributed by atoms with van der Waals surface area (Å²) < 4.78 is 2.35. The molecule has 1 aromatic rings. The topological polar surface area (TPSA) is 17.0 Å². The van der Waals surface area contributed by atoms with Gasteiger partial charge in [-0.05, 0) is 62.0 Å². The lowest BCUT2D eigenvalue weighted by molar-refractivity contribution is 0.456. The highest BCUT2D eigenvalue weighted by Crippen LogP contribution is 2.65. The van der Waals surface area contributed by atoms with Crippen LogP contribution in [0.1, 0.15) is 31.9 Å². The molecule has 0 spiro atoms. The van der Waals surface area contributed by atoms with Gasteiger partial charge in [0.15, 0.2) is 0 Å². The first-order chi connectivity index (χ1) is 8.38. The third-order valence-corrected chi connectivity index (χ3v) is 5.52. The van der Waals surface area contributed by atoms with Crippen LogP contribution >= 0.6 is 0 Å². The maximum atomic E-state index is 3.82. The van der Waals surface area contributed by atoms with E-state index in [9.17, 15) is 0 Å². The Morgan fingerprint density at radius 1 is 1.29 bits per heavy atom. The lowest BCUT2D eigenvalue weighted by atomic mass is 10.0. The molecule has 1 aromatic heterocycles. The Balaban J connectivity index is 1.38. The lowest BCUT2D eigenvalue weighted by Gasteiger charge is -2.11. The number of fused-ring (bicyclic) bond motifs is 5. The summed E-state index contributed by atoms with van der Waals surface area (Å²) in [5.41, 5.74) is 1.45. The number of aryl methyl sites for hydroxylation is 1. The van der Waals surface area contributed by atoms with E-state index in [4.69, 9.17) is 0 Å². The Bertz CT molecular complexity index is 406. The van der Waals surface area contributed by atoms with E-state index in [1.165, 1.54) is 18.5 Å². The smallest absolute Gasteiger partial charge is 0.0361 e. The number of nitrogens with one attached hydrogen (secondary N) is 1. The summed E-state index contributed by atoms with van der Waals surface area (Å²) in [4.78, 5) is 0. The SMILES string of the molecule is CCn1cccc1CNC1C2C3CCC(C3)C12. The van der Waals surface area contributed by atoms with Crippen LogP contribution in [0.15, 0.2) is 18.3 Å². The van der Waals surface area contributed by atoms with Crippen molar-refractivity contribution < 1.29 is 0 Å². The van der Waals surface area contributed by atoms with Crippen molar-refractivity contribution in [2.24, 2.45) is 23.7 Å². The van der Waals surface area contributed by atoms with Crippen molar-refractivity contribution in [3.8, 4) is 0 Å². The predicted octanol–water partition coefficient (Wildman–Crippen LogP) is 2.64. The second-order valence-electron chi connectivity index (χ2n) is 6.18. The second-order valence-corrected chi connectivity index (χ2v) is 6.18. The Morgan fingerprint density at radius 3 is 2.76 bits per heavy atom. The van der Waals surface area contributed by atoms with Gasteiger partial charge in [0.2, 0.25) is 0 Å². The van der Waals surface area contributed by atoms with E-state index >= 15 is 0 Å². The summed E-state index contributed by atoms with van der Waals surface area (Å²) in [6, 6.07) is 5.28. The summed E-state index contributed by atoms with van der Waals surface area (Å²) in [6.45, 7) is 4.38. The van der Waals surface area contributed by atoms with Crippen LogP contribution < -0.4 is 5.32 Å². The van der Waals surface area contributed by atoms with Crippen molar-refractivity contribution >= 4 is 0 Å². The molecule has 4 unspecified atom stereocenters. The molecule has 3 fully saturated rings. The van der Waals surface area contributed by atoms with Crippen LogP contribution in [0.2, 0.25) is 0 Å². The maximum Gasteiger partial charge on any atom is 0.0361 e. The summed E-state index contributed by atoms with van der Waals surface area (Å²) >= 11 is 0. The fraction of sp³-hybridized carbons (Fsp3) is 0.733. The molecule has 1 N–H and O–H groups in total. The third-order valence-electron chi connectivity index (χ3n) is 5.52. The molecule has 4 rings (SSSR count). The molecule has 3 aliphatic carbocycles. The normalized spacial score (nSPS) is 41.8. The maximum absolute atomic E-state index is 3.82. The molecule has 4 atom stereocenters. The van der Waals surface area contributed by atoms with E-state index in [2.05, 4.69) is 35.1 Å². The summed E-state index contributed by atoms with van der Waals surface area (Å²) in [7, 11) is 0. The van der Waals surface area contributed by atoms with Crippen molar-refractivity contribution in [3.05, 3.63) is 24.0 Å². The molecule has 2 nitrogen and oxygen atoms in total. The van der Waals surface area contributed by atoms with Gasteiger partial charge in [-0.1, -0.05) is 0 Å². The first-order valence-electron chi connectivity index (χ1n) is 7.26. The van der Waals surface area contributed by atoms with Crippen molar-refractivity contribution in [1.82, 2.24) is 9.88 Å². The van der Waals surface area contributed by atoms with Crippen molar-refractivity contribution in [3.63, 3.8) is 0 Å². The monoisotopic (exact) mass is 230 g/mol. The number of nitrogens with zero attached hydrogens (tertiary/aromatic N) is 1. The lowest BCUT2D eigenvalue weighted by Crippen LogP contribution is -2.23. The first-order valence-corrected chi connectivity index (χ1v) is 7.26. The minimum absolute atomic E-state index is 0.862. The summed E-state index contributed by atoms with van der Waals surface area (Å²) in [5, 5.41) is 3.82. The predicted molar refractivity (Wildman–Crippen MR) is 68.5 cm³/mol. The summed E-state index contributed by atoms with van der Waals surface area (Å²) in [6.07, 6.45) is 6.79. The molecule has 0 amide bonds. The van der Waals surface area contributed by atoms with Crippen molar-refractivity contribution in [1.29, 1.82) is 0 Å². The molecule has 0 aliphatic heterocycles. The van der Waals surface area contributed by atoms with Crippen LogP contribution in [-0.4, -0.2) is 10.6 Å². The van der Waals surface area contributed by atoms with Gasteiger partial charge in [-0.15, -0.1) is 0 Å². The van der Waals surface area contributed by atoms with E-state index in [-0.39, 0.29) is 0 Å². The zero-order valence-corrected chi connectivity index (χ0v) is 10.6. The molecule has 3 aliphatic rings. The second kappa shape index (κ2) is 3.61. The van der Waals surface area contributed by atoms with Crippen LogP contribution in [0.4, 0.5) is 0 Å². The van der Waals surface area contributed by atoms with Gasteiger partial charge >= 0.3 is 0 Å². The standard InChI is InChI=1S/C15H22N2/c1-2-17-7-3-4-12(17)9-16-15-13-10-5-6-11(8-10)14(13)15/h3-4,7,10-11,13-16H,2,5-6,8-9H2,1H3. The molecule has 1 heterocycles. The van der Waals surface area contributed by atoms with E-state index in [1.807, 2.05) is 0 Å². The van der Waals surface area contributed by atoms with Crippen LogP contribution in [-0.2, 0) is 13.1 Å². The number of aromatic nitrogens is 1. The van der Waals surface area contributed by atoms with E-state index in [1.54, 1.807) is 6.42 Å². The minimum atomic E-state index is 0.862. The Kier molecular flexibility index (Phi) is 2.17. The molecule has 2 bridgehead atoms. The zero-order valence-electron chi connectivity index (χ0n) is 10.6. The van der Waals surface area contributed by atoms with Crippen LogP contribution in [0, 0.1) is 23.7 Å². The molecular formula is C15H22N2. The average Bonchev–Trinajstić information content (AvgIpc) is 2.80. The Hall–Kier alpha value is -0.760. The number of hydrogen-bond acceptors (Lipinski definition) is 1. The van der Waals surface area contributed by atoms with E-state index < -0.39 is 0 Å². The highest BCUT2D eigenvalue weighted by molar-refractivity contribution is 5.17. The van der Waals surface area contributed by atoms with E-state index in [0.717, 1.165) is 42.8 Å². The van der Waals surface area contributed by atoms with Crippen LogP contribution in [0.5, 0.6) is 0 Å². The fourth-order valence-electron chi connectivity index (χ4n) is 4.74. The number of rotatable bonds is 4.